The van der Waals surface area contributed by atoms with Gasteiger partial charge in [0.2, 0.25) is 5.91 Å². The number of hydrogen-bond acceptors (Lipinski definition) is 4. The number of H-pyrrole nitrogens is 1. The Morgan fingerprint density at radius 2 is 2.12 bits per heavy atom. The van der Waals surface area contributed by atoms with Crippen LogP contribution in [0, 0.1) is 0 Å². The van der Waals surface area contributed by atoms with Crippen molar-refractivity contribution in [3.05, 3.63) is 40.2 Å². The van der Waals surface area contributed by atoms with E-state index in [9.17, 15) is 9.59 Å². The molecular weight excluding hydrogens is 306 g/mol. The third kappa shape index (κ3) is 4.35. The molecule has 0 aliphatic carbocycles. The van der Waals surface area contributed by atoms with Crippen molar-refractivity contribution in [2.75, 3.05) is 20.7 Å². The summed E-state index contributed by atoms with van der Waals surface area (Å²) in [6, 6.07) is 7.55. The molecule has 1 aromatic heterocycles. The zero-order valence-electron chi connectivity index (χ0n) is 14.7. The molecule has 0 saturated heterocycles. The first-order chi connectivity index (χ1) is 11.4. The molecule has 1 aromatic carbocycles. The number of hydrogen-bond donors (Lipinski definition) is 2. The number of rotatable bonds is 7. The lowest BCUT2D eigenvalue weighted by Gasteiger charge is -2.23. The summed E-state index contributed by atoms with van der Waals surface area (Å²) < 4.78 is 5.51. The molecule has 1 heterocycles. The van der Waals surface area contributed by atoms with Crippen molar-refractivity contribution in [2.45, 2.75) is 32.9 Å². The number of benzene rings is 1. The first-order valence-electron chi connectivity index (χ1n) is 8.14. The summed E-state index contributed by atoms with van der Waals surface area (Å²) in [5, 5.41) is 3.55. The summed E-state index contributed by atoms with van der Waals surface area (Å²) in [6.07, 6.45) is 0.396. The molecule has 6 nitrogen and oxygen atoms in total. The number of pyridine rings is 1. The molecule has 0 aliphatic rings. The van der Waals surface area contributed by atoms with Crippen LogP contribution >= 0.6 is 0 Å². The van der Waals surface area contributed by atoms with Crippen molar-refractivity contribution < 1.29 is 9.53 Å². The first-order valence-corrected chi connectivity index (χ1v) is 8.14. The summed E-state index contributed by atoms with van der Waals surface area (Å²) in [5.41, 5.74) is 1.35. The first kappa shape index (κ1) is 18.0. The van der Waals surface area contributed by atoms with Crippen LogP contribution in [-0.2, 0) is 11.3 Å². The number of aromatic nitrogens is 1. The fourth-order valence-electron chi connectivity index (χ4n) is 2.55. The maximum Gasteiger partial charge on any atom is 0.252 e. The maximum absolute atomic E-state index is 12.3. The van der Waals surface area contributed by atoms with Crippen LogP contribution in [0.3, 0.4) is 0 Å². The molecule has 24 heavy (non-hydrogen) atoms. The normalized spacial score (nSPS) is 12.4. The Kier molecular flexibility index (Phi) is 5.98. The van der Waals surface area contributed by atoms with E-state index >= 15 is 0 Å². The van der Waals surface area contributed by atoms with E-state index in [1.54, 1.807) is 7.05 Å². The van der Waals surface area contributed by atoms with Gasteiger partial charge >= 0.3 is 0 Å². The Morgan fingerprint density at radius 3 is 2.79 bits per heavy atom. The highest BCUT2D eigenvalue weighted by molar-refractivity contribution is 5.80. The monoisotopic (exact) mass is 331 g/mol. The largest absolute Gasteiger partial charge is 0.494 e. The van der Waals surface area contributed by atoms with Gasteiger partial charge in [-0.25, -0.2) is 0 Å². The van der Waals surface area contributed by atoms with E-state index < -0.39 is 0 Å². The van der Waals surface area contributed by atoms with Gasteiger partial charge in [0, 0.05) is 42.5 Å². The fraction of sp³-hybridized carbons (Fsp3) is 0.444. The fourth-order valence-corrected chi connectivity index (χ4v) is 2.55. The average Bonchev–Trinajstić information content (AvgIpc) is 2.55. The Morgan fingerprint density at radius 1 is 1.38 bits per heavy atom. The van der Waals surface area contributed by atoms with E-state index in [1.165, 1.54) is 0 Å². The van der Waals surface area contributed by atoms with Crippen LogP contribution in [0.2, 0.25) is 0 Å². The standard InChI is InChI=1S/C18H25N3O3/c1-5-24-15-6-7-16-13(10-15)9-14(18(23)20-16)11-21(4)12(2)8-17(22)19-3/h6-7,9-10,12H,5,8,11H2,1-4H3,(H,19,22)(H,20,23). The van der Waals surface area contributed by atoms with E-state index in [1.807, 2.05) is 50.1 Å². The van der Waals surface area contributed by atoms with Gasteiger partial charge in [-0.05, 0) is 45.2 Å². The zero-order valence-corrected chi connectivity index (χ0v) is 14.7. The second-order valence-electron chi connectivity index (χ2n) is 5.95. The van der Waals surface area contributed by atoms with E-state index in [0.29, 0.717) is 25.1 Å². The van der Waals surface area contributed by atoms with Crippen molar-refractivity contribution in [3.63, 3.8) is 0 Å². The van der Waals surface area contributed by atoms with Gasteiger partial charge in [-0.3, -0.25) is 14.5 Å². The molecule has 2 N–H and O–H groups in total. The zero-order chi connectivity index (χ0) is 17.7. The molecule has 0 spiro atoms. The summed E-state index contributed by atoms with van der Waals surface area (Å²) in [5.74, 6) is 0.771. The predicted molar refractivity (Wildman–Crippen MR) is 95.4 cm³/mol. The van der Waals surface area contributed by atoms with Gasteiger partial charge in [-0.15, -0.1) is 0 Å². The van der Waals surface area contributed by atoms with Gasteiger partial charge in [-0.2, -0.15) is 0 Å². The summed E-state index contributed by atoms with van der Waals surface area (Å²) in [7, 11) is 3.53. The Bertz CT molecular complexity index is 770. The third-order valence-electron chi connectivity index (χ3n) is 4.14. The van der Waals surface area contributed by atoms with Crippen LogP contribution in [0.15, 0.2) is 29.1 Å². The highest BCUT2D eigenvalue weighted by atomic mass is 16.5. The smallest absolute Gasteiger partial charge is 0.252 e. The third-order valence-corrected chi connectivity index (χ3v) is 4.14. The van der Waals surface area contributed by atoms with Gasteiger partial charge in [0.1, 0.15) is 5.75 Å². The molecule has 0 bridgehead atoms. The van der Waals surface area contributed by atoms with Crippen molar-refractivity contribution in [1.82, 2.24) is 15.2 Å². The number of amides is 1. The number of aromatic amines is 1. The van der Waals surface area contributed by atoms with Crippen molar-refractivity contribution >= 4 is 16.8 Å². The molecule has 1 atom stereocenters. The Labute approximate surface area is 141 Å². The molecule has 2 aromatic rings. The van der Waals surface area contributed by atoms with Crippen LogP contribution in [0.25, 0.3) is 10.9 Å². The highest BCUT2D eigenvalue weighted by Gasteiger charge is 2.15. The van der Waals surface area contributed by atoms with Gasteiger partial charge < -0.3 is 15.0 Å². The minimum Gasteiger partial charge on any atom is -0.494 e. The van der Waals surface area contributed by atoms with Crippen LogP contribution in [0.5, 0.6) is 5.75 Å². The van der Waals surface area contributed by atoms with Crippen LogP contribution < -0.4 is 15.6 Å². The number of ether oxygens (including phenoxy) is 1. The van der Waals surface area contributed by atoms with Crippen LogP contribution in [0.4, 0.5) is 0 Å². The molecule has 0 fully saturated rings. The van der Waals surface area contributed by atoms with Gasteiger partial charge in [0.05, 0.1) is 6.61 Å². The molecule has 0 radical (unpaired) electrons. The maximum atomic E-state index is 12.3. The lowest BCUT2D eigenvalue weighted by molar-refractivity contribution is -0.121. The molecule has 0 aliphatic heterocycles. The number of carbonyl (C=O) groups excluding carboxylic acids is 1. The van der Waals surface area contributed by atoms with Gasteiger partial charge in [0.25, 0.3) is 5.56 Å². The molecule has 6 heteroatoms. The molecular formula is C18H25N3O3. The number of nitrogens with zero attached hydrogens (tertiary/aromatic N) is 1. The number of fused-ring (bicyclic) bond motifs is 1. The number of carbonyl (C=O) groups is 1. The van der Waals surface area contributed by atoms with Crippen LogP contribution in [0.1, 0.15) is 25.8 Å². The summed E-state index contributed by atoms with van der Waals surface area (Å²) >= 11 is 0. The van der Waals surface area contributed by atoms with Gasteiger partial charge in [0.15, 0.2) is 0 Å². The topological polar surface area (TPSA) is 74.4 Å². The van der Waals surface area contributed by atoms with Crippen molar-refractivity contribution in [2.24, 2.45) is 0 Å². The summed E-state index contributed by atoms with van der Waals surface area (Å²) in [4.78, 5) is 28.7. The predicted octanol–water partition coefficient (Wildman–Crippen LogP) is 1.88. The van der Waals surface area contributed by atoms with Crippen LogP contribution in [-0.4, -0.2) is 42.5 Å². The SMILES string of the molecule is CCOc1ccc2[nH]c(=O)c(CN(C)C(C)CC(=O)NC)cc2c1. The average molecular weight is 331 g/mol. The molecule has 1 unspecified atom stereocenters. The number of nitrogens with one attached hydrogen (secondary N) is 2. The van der Waals surface area contributed by atoms with E-state index in [4.69, 9.17) is 4.74 Å². The molecule has 2 rings (SSSR count). The minimum absolute atomic E-state index is 0.0110. The highest BCUT2D eigenvalue weighted by Crippen LogP contribution is 2.19. The lowest BCUT2D eigenvalue weighted by Crippen LogP contribution is -2.35. The summed E-state index contributed by atoms with van der Waals surface area (Å²) in [6.45, 7) is 4.98. The van der Waals surface area contributed by atoms with E-state index in [2.05, 4.69) is 10.3 Å². The molecule has 1 amide bonds. The Balaban J connectivity index is 2.22. The lowest BCUT2D eigenvalue weighted by atomic mass is 10.1. The van der Waals surface area contributed by atoms with Gasteiger partial charge in [-0.1, -0.05) is 0 Å². The molecule has 130 valence electrons. The minimum atomic E-state index is -0.106. The van der Waals surface area contributed by atoms with Crippen molar-refractivity contribution in [3.8, 4) is 5.75 Å². The van der Waals surface area contributed by atoms with Crippen molar-refractivity contribution in [1.29, 1.82) is 0 Å². The van der Waals surface area contributed by atoms with E-state index in [-0.39, 0.29) is 17.5 Å². The second kappa shape index (κ2) is 7.97. The Hall–Kier alpha value is -2.34. The molecule has 0 saturated carbocycles. The van der Waals surface area contributed by atoms with E-state index in [0.717, 1.165) is 16.7 Å². The quantitative estimate of drug-likeness (QED) is 0.812. The second-order valence-corrected chi connectivity index (χ2v) is 5.95.